The van der Waals surface area contributed by atoms with Gasteiger partial charge >= 0.3 is 5.97 Å². The maximum Gasteiger partial charge on any atom is 0.305 e. The molecule has 0 bridgehead atoms. The van der Waals surface area contributed by atoms with Crippen molar-refractivity contribution in [3.8, 4) is 0 Å². The van der Waals surface area contributed by atoms with Crippen molar-refractivity contribution >= 4 is 17.8 Å². The molecule has 0 saturated carbocycles. The molecule has 1 unspecified atom stereocenters. The number of carbonyl (C=O) groups excluding carboxylic acids is 2. The summed E-state index contributed by atoms with van der Waals surface area (Å²) in [5.74, 6) is -2.11. The van der Waals surface area contributed by atoms with E-state index in [9.17, 15) is 14.4 Å². The SMILES string of the molecule is C=C(C)CNC(=O)C(CC(=O)O)NC(=O)CNC(C)C. The molecule has 114 valence electrons. The van der Waals surface area contributed by atoms with Gasteiger partial charge < -0.3 is 21.1 Å². The first-order valence-corrected chi connectivity index (χ1v) is 6.39. The van der Waals surface area contributed by atoms with Gasteiger partial charge in [0.25, 0.3) is 0 Å². The highest BCUT2D eigenvalue weighted by atomic mass is 16.4. The van der Waals surface area contributed by atoms with E-state index in [-0.39, 0.29) is 19.1 Å². The van der Waals surface area contributed by atoms with Crippen molar-refractivity contribution in [2.75, 3.05) is 13.1 Å². The minimum Gasteiger partial charge on any atom is -0.481 e. The summed E-state index contributed by atoms with van der Waals surface area (Å²) < 4.78 is 0. The fraction of sp³-hybridized carbons (Fsp3) is 0.615. The molecule has 0 aliphatic heterocycles. The zero-order valence-corrected chi connectivity index (χ0v) is 12.2. The van der Waals surface area contributed by atoms with Crippen LogP contribution in [0.15, 0.2) is 12.2 Å². The molecule has 2 amide bonds. The molecule has 4 N–H and O–H groups in total. The van der Waals surface area contributed by atoms with Crippen molar-refractivity contribution in [3.05, 3.63) is 12.2 Å². The van der Waals surface area contributed by atoms with Crippen LogP contribution < -0.4 is 16.0 Å². The van der Waals surface area contributed by atoms with Gasteiger partial charge in [0.2, 0.25) is 11.8 Å². The maximum atomic E-state index is 11.8. The van der Waals surface area contributed by atoms with Gasteiger partial charge in [0.05, 0.1) is 13.0 Å². The van der Waals surface area contributed by atoms with Crippen LogP contribution in [-0.4, -0.2) is 48.1 Å². The van der Waals surface area contributed by atoms with Crippen LogP contribution in [0.25, 0.3) is 0 Å². The van der Waals surface area contributed by atoms with Gasteiger partial charge in [0.15, 0.2) is 0 Å². The van der Waals surface area contributed by atoms with Crippen LogP contribution in [0, 0.1) is 0 Å². The number of hydrogen-bond donors (Lipinski definition) is 4. The van der Waals surface area contributed by atoms with E-state index < -0.39 is 30.2 Å². The van der Waals surface area contributed by atoms with Crippen LogP contribution in [0.2, 0.25) is 0 Å². The number of aliphatic carboxylic acids is 1. The van der Waals surface area contributed by atoms with E-state index in [2.05, 4.69) is 22.5 Å². The number of hydrogen-bond acceptors (Lipinski definition) is 4. The van der Waals surface area contributed by atoms with E-state index in [4.69, 9.17) is 5.11 Å². The van der Waals surface area contributed by atoms with Gasteiger partial charge in [0, 0.05) is 12.6 Å². The first-order chi connectivity index (χ1) is 9.22. The van der Waals surface area contributed by atoms with Crippen LogP contribution >= 0.6 is 0 Å². The molecule has 0 saturated heterocycles. The molecule has 0 aliphatic rings. The minimum absolute atomic E-state index is 0.0293. The Bertz CT molecular complexity index is 380. The average molecular weight is 285 g/mol. The first-order valence-electron chi connectivity index (χ1n) is 6.39. The summed E-state index contributed by atoms with van der Waals surface area (Å²) in [6.45, 7) is 9.39. The van der Waals surface area contributed by atoms with Crippen molar-refractivity contribution < 1.29 is 19.5 Å². The van der Waals surface area contributed by atoms with E-state index in [0.717, 1.165) is 5.57 Å². The molecular formula is C13H23N3O4. The third-order valence-corrected chi connectivity index (χ3v) is 2.27. The maximum absolute atomic E-state index is 11.8. The van der Waals surface area contributed by atoms with E-state index >= 15 is 0 Å². The molecule has 0 heterocycles. The number of amides is 2. The molecule has 0 aromatic heterocycles. The number of carboxylic acid groups (broad SMARTS) is 1. The van der Waals surface area contributed by atoms with Crippen molar-refractivity contribution in [3.63, 3.8) is 0 Å². The summed E-state index contributed by atoms with van der Waals surface area (Å²) >= 11 is 0. The molecule has 0 aromatic rings. The van der Waals surface area contributed by atoms with Crippen LogP contribution in [0.5, 0.6) is 0 Å². The van der Waals surface area contributed by atoms with E-state index in [0.29, 0.717) is 0 Å². The molecule has 7 nitrogen and oxygen atoms in total. The number of carboxylic acids is 1. The van der Waals surface area contributed by atoms with Gasteiger partial charge in [-0.15, -0.1) is 0 Å². The van der Waals surface area contributed by atoms with Crippen molar-refractivity contribution in [2.45, 2.75) is 39.3 Å². The van der Waals surface area contributed by atoms with Crippen molar-refractivity contribution in [2.24, 2.45) is 0 Å². The lowest BCUT2D eigenvalue weighted by atomic mass is 10.2. The van der Waals surface area contributed by atoms with Crippen molar-refractivity contribution in [1.29, 1.82) is 0 Å². The summed E-state index contributed by atoms with van der Waals surface area (Å²) in [5.41, 5.74) is 0.736. The fourth-order valence-corrected chi connectivity index (χ4v) is 1.29. The summed E-state index contributed by atoms with van der Waals surface area (Å²) in [4.78, 5) is 34.2. The molecule has 20 heavy (non-hydrogen) atoms. The second kappa shape index (κ2) is 9.08. The van der Waals surface area contributed by atoms with Gasteiger partial charge in [-0.3, -0.25) is 14.4 Å². The highest BCUT2D eigenvalue weighted by molar-refractivity contribution is 5.91. The van der Waals surface area contributed by atoms with E-state index in [1.807, 2.05) is 13.8 Å². The van der Waals surface area contributed by atoms with E-state index in [1.165, 1.54) is 0 Å². The topological polar surface area (TPSA) is 108 Å². The lowest BCUT2D eigenvalue weighted by molar-refractivity contribution is -0.140. The third-order valence-electron chi connectivity index (χ3n) is 2.27. The second-order valence-electron chi connectivity index (χ2n) is 4.93. The fourth-order valence-electron chi connectivity index (χ4n) is 1.29. The number of nitrogens with one attached hydrogen (secondary N) is 3. The van der Waals surface area contributed by atoms with Gasteiger partial charge in [-0.25, -0.2) is 0 Å². The van der Waals surface area contributed by atoms with Crippen LogP contribution in [0.3, 0.4) is 0 Å². The Labute approximate surface area is 118 Å². The zero-order chi connectivity index (χ0) is 15.7. The molecule has 1 atom stereocenters. The van der Waals surface area contributed by atoms with Crippen LogP contribution in [0.4, 0.5) is 0 Å². The predicted octanol–water partition coefficient (Wildman–Crippen LogP) is -0.364. The largest absolute Gasteiger partial charge is 0.481 e. The summed E-state index contributed by atoms with van der Waals surface area (Å²) in [7, 11) is 0. The Kier molecular flexibility index (Phi) is 8.23. The molecule has 0 radical (unpaired) electrons. The zero-order valence-electron chi connectivity index (χ0n) is 12.2. The van der Waals surface area contributed by atoms with Gasteiger partial charge in [0.1, 0.15) is 6.04 Å². The Morgan fingerprint density at radius 1 is 1.20 bits per heavy atom. The lowest BCUT2D eigenvalue weighted by Crippen LogP contribution is -2.50. The normalized spacial score (nSPS) is 11.8. The predicted molar refractivity (Wildman–Crippen MR) is 75.1 cm³/mol. The molecule has 0 aliphatic carbocycles. The van der Waals surface area contributed by atoms with Gasteiger partial charge in [-0.2, -0.15) is 0 Å². The summed E-state index contributed by atoms with van der Waals surface area (Å²) in [6, 6.07) is -0.968. The number of carbonyl (C=O) groups is 3. The Balaban J connectivity index is 4.47. The summed E-state index contributed by atoms with van der Waals surface area (Å²) in [5, 5.41) is 16.6. The van der Waals surface area contributed by atoms with Gasteiger partial charge in [-0.1, -0.05) is 26.0 Å². The Morgan fingerprint density at radius 3 is 2.25 bits per heavy atom. The highest BCUT2D eigenvalue weighted by Gasteiger charge is 2.23. The second-order valence-corrected chi connectivity index (χ2v) is 4.93. The molecular weight excluding hydrogens is 262 g/mol. The monoisotopic (exact) mass is 285 g/mol. The molecule has 0 fully saturated rings. The van der Waals surface area contributed by atoms with Crippen LogP contribution in [0.1, 0.15) is 27.2 Å². The number of rotatable bonds is 9. The molecule has 0 spiro atoms. The van der Waals surface area contributed by atoms with Crippen molar-refractivity contribution in [1.82, 2.24) is 16.0 Å². The average Bonchev–Trinajstić information content (AvgIpc) is 2.32. The Hall–Kier alpha value is -1.89. The van der Waals surface area contributed by atoms with E-state index in [1.54, 1.807) is 6.92 Å². The first kappa shape index (κ1) is 18.1. The third kappa shape index (κ3) is 9.09. The molecule has 0 aromatic carbocycles. The minimum atomic E-state index is -1.16. The smallest absolute Gasteiger partial charge is 0.305 e. The quantitative estimate of drug-likeness (QED) is 0.433. The molecule has 0 rings (SSSR count). The molecule has 7 heteroatoms. The standard InChI is InChI=1S/C13H23N3O4/c1-8(2)6-15-13(20)10(5-12(18)19)16-11(17)7-14-9(3)4/h9-10,14H,1,5-7H2,2-4H3,(H,15,20)(H,16,17)(H,18,19). The highest BCUT2D eigenvalue weighted by Crippen LogP contribution is 1.94. The van der Waals surface area contributed by atoms with Crippen LogP contribution in [-0.2, 0) is 14.4 Å². The summed E-state index contributed by atoms with van der Waals surface area (Å²) in [6.07, 6.45) is -0.463. The van der Waals surface area contributed by atoms with Gasteiger partial charge in [-0.05, 0) is 6.92 Å². The Morgan fingerprint density at radius 2 is 1.80 bits per heavy atom. The lowest BCUT2D eigenvalue weighted by Gasteiger charge is -2.17.